The highest BCUT2D eigenvalue weighted by Gasteiger charge is 2.28. The van der Waals surface area contributed by atoms with Crippen LogP contribution in [-0.2, 0) is 4.79 Å². The molecule has 5 nitrogen and oxygen atoms in total. The summed E-state index contributed by atoms with van der Waals surface area (Å²) < 4.78 is 0. The van der Waals surface area contributed by atoms with Crippen LogP contribution in [0.3, 0.4) is 0 Å². The molecule has 1 aromatic heterocycles. The van der Waals surface area contributed by atoms with E-state index in [0.717, 1.165) is 57.8 Å². The first-order valence-corrected chi connectivity index (χ1v) is 7.02. The van der Waals surface area contributed by atoms with E-state index >= 15 is 0 Å². The molecule has 1 amide bonds. The molecule has 5 heteroatoms. The SMILES string of the molecule is O=CN1CCC[C@@H]1c1cccnc1N1CCNCC1. The second-order valence-electron chi connectivity index (χ2n) is 5.15. The number of nitrogens with one attached hydrogen (secondary N) is 1. The number of rotatable bonds is 3. The van der Waals surface area contributed by atoms with Gasteiger partial charge in [0.1, 0.15) is 5.82 Å². The summed E-state index contributed by atoms with van der Waals surface area (Å²) in [6.45, 7) is 4.83. The van der Waals surface area contributed by atoms with Crippen LogP contribution < -0.4 is 10.2 Å². The Balaban J connectivity index is 1.90. The fourth-order valence-electron chi connectivity index (χ4n) is 3.06. The van der Waals surface area contributed by atoms with Crippen LogP contribution in [0.1, 0.15) is 24.4 Å². The highest BCUT2D eigenvalue weighted by molar-refractivity contribution is 5.54. The number of hydrogen-bond acceptors (Lipinski definition) is 4. The molecule has 0 aromatic carbocycles. The van der Waals surface area contributed by atoms with E-state index in [1.807, 2.05) is 17.2 Å². The van der Waals surface area contributed by atoms with Crippen molar-refractivity contribution in [3.8, 4) is 0 Å². The lowest BCUT2D eigenvalue weighted by atomic mass is 10.0. The van der Waals surface area contributed by atoms with E-state index in [1.54, 1.807) is 0 Å². The molecular formula is C14H20N4O. The van der Waals surface area contributed by atoms with Gasteiger partial charge in [0, 0.05) is 44.5 Å². The lowest BCUT2D eigenvalue weighted by Crippen LogP contribution is -2.44. The van der Waals surface area contributed by atoms with Gasteiger partial charge in [-0.25, -0.2) is 4.98 Å². The van der Waals surface area contributed by atoms with Crippen LogP contribution in [0, 0.1) is 0 Å². The van der Waals surface area contributed by atoms with Gasteiger partial charge in [-0.2, -0.15) is 0 Å². The van der Waals surface area contributed by atoms with E-state index < -0.39 is 0 Å². The minimum Gasteiger partial charge on any atom is -0.354 e. The molecule has 0 spiro atoms. The van der Waals surface area contributed by atoms with Crippen LogP contribution in [0.15, 0.2) is 18.3 Å². The second-order valence-corrected chi connectivity index (χ2v) is 5.15. The maximum atomic E-state index is 11.2. The molecule has 19 heavy (non-hydrogen) atoms. The number of anilines is 1. The van der Waals surface area contributed by atoms with Crippen molar-refractivity contribution in [1.82, 2.24) is 15.2 Å². The van der Waals surface area contributed by atoms with Crippen molar-refractivity contribution in [2.45, 2.75) is 18.9 Å². The van der Waals surface area contributed by atoms with E-state index in [0.29, 0.717) is 0 Å². The number of likely N-dealkylation sites (tertiary alicyclic amines) is 1. The molecule has 0 radical (unpaired) electrons. The summed E-state index contributed by atoms with van der Waals surface area (Å²) >= 11 is 0. The molecule has 3 rings (SSSR count). The lowest BCUT2D eigenvalue weighted by molar-refractivity contribution is -0.118. The maximum absolute atomic E-state index is 11.2. The first-order valence-electron chi connectivity index (χ1n) is 7.02. The van der Waals surface area contributed by atoms with E-state index in [-0.39, 0.29) is 6.04 Å². The van der Waals surface area contributed by atoms with E-state index in [9.17, 15) is 4.79 Å². The maximum Gasteiger partial charge on any atom is 0.210 e. The van der Waals surface area contributed by atoms with Gasteiger partial charge in [-0.1, -0.05) is 6.07 Å². The van der Waals surface area contributed by atoms with Crippen molar-refractivity contribution in [3.05, 3.63) is 23.9 Å². The predicted octanol–water partition coefficient (Wildman–Crippen LogP) is 0.784. The molecule has 2 aliphatic rings. The van der Waals surface area contributed by atoms with E-state index in [1.165, 1.54) is 5.56 Å². The van der Waals surface area contributed by atoms with Gasteiger partial charge < -0.3 is 15.1 Å². The molecule has 0 unspecified atom stereocenters. The lowest BCUT2D eigenvalue weighted by Gasteiger charge is -2.32. The number of amides is 1. The summed E-state index contributed by atoms with van der Waals surface area (Å²) in [5, 5.41) is 3.36. The van der Waals surface area contributed by atoms with Crippen molar-refractivity contribution >= 4 is 12.2 Å². The van der Waals surface area contributed by atoms with E-state index in [4.69, 9.17) is 0 Å². The van der Waals surface area contributed by atoms with Crippen LogP contribution in [-0.4, -0.2) is 49.0 Å². The van der Waals surface area contributed by atoms with Crippen molar-refractivity contribution in [2.75, 3.05) is 37.6 Å². The largest absolute Gasteiger partial charge is 0.354 e. The zero-order valence-corrected chi connectivity index (χ0v) is 11.1. The van der Waals surface area contributed by atoms with Gasteiger partial charge in [0.05, 0.1) is 6.04 Å². The molecule has 3 heterocycles. The molecule has 2 saturated heterocycles. The molecule has 0 aliphatic carbocycles. The third-order valence-electron chi connectivity index (χ3n) is 4.02. The first kappa shape index (κ1) is 12.4. The monoisotopic (exact) mass is 260 g/mol. The first-order chi connectivity index (χ1) is 9.40. The van der Waals surface area contributed by atoms with Gasteiger partial charge in [-0.3, -0.25) is 4.79 Å². The van der Waals surface area contributed by atoms with Crippen molar-refractivity contribution < 1.29 is 4.79 Å². The van der Waals surface area contributed by atoms with Crippen LogP contribution in [0.4, 0.5) is 5.82 Å². The van der Waals surface area contributed by atoms with Gasteiger partial charge in [0.2, 0.25) is 6.41 Å². The summed E-state index contributed by atoms with van der Waals surface area (Å²) in [7, 11) is 0. The van der Waals surface area contributed by atoms with E-state index in [2.05, 4.69) is 21.3 Å². The predicted molar refractivity (Wildman–Crippen MR) is 74.1 cm³/mol. The normalized spacial score (nSPS) is 23.7. The molecule has 1 aromatic rings. The standard InChI is InChI=1S/C14H20N4O/c19-11-18-8-2-4-13(18)12-3-1-5-16-14(12)17-9-6-15-7-10-17/h1,3,5,11,13,15H,2,4,6-10H2/t13-/m1/s1. The summed E-state index contributed by atoms with van der Waals surface area (Å²) in [5.74, 6) is 1.06. The van der Waals surface area contributed by atoms with Gasteiger partial charge in [0.15, 0.2) is 0 Å². The summed E-state index contributed by atoms with van der Waals surface area (Å²) in [6, 6.07) is 4.30. The van der Waals surface area contributed by atoms with Crippen LogP contribution in [0.5, 0.6) is 0 Å². The molecule has 1 atom stereocenters. The Morgan fingerprint density at radius 3 is 2.95 bits per heavy atom. The molecule has 1 N–H and O–H groups in total. The highest BCUT2D eigenvalue weighted by atomic mass is 16.1. The zero-order chi connectivity index (χ0) is 13.1. The van der Waals surface area contributed by atoms with Gasteiger partial charge in [0.25, 0.3) is 0 Å². The molecule has 2 fully saturated rings. The van der Waals surface area contributed by atoms with Crippen LogP contribution in [0.25, 0.3) is 0 Å². The van der Waals surface area contributed by atoms with Crippen molar-refractivity contribution in [1.29, 1.82) is 0 Å². The Kier molecular flexibility index (Phi) is 3.64. The quantitative estimate of drug-likeness (QED) is 0.816. The van der Waals surface area contributed by atoms with Crippen LogP contribution >= 0.6 is 0 Å². The molecule has 2 aliphatic heterocycles. The average Bonchev–Trinajstić information content (AvgIpc) is 2.96. The Labute approximate surface area is 113 Å². The number of nitrogens with zero attached hydrogens (tertiary/aromatic N) is 3. The Bertz CT molecular complexity index is 445. The van der Waals surface area contributed by atoms with Crippen molar-refractivity contribution in [3.63, 3.8) is 0 Å². The Morgan fingerprint density at radius 1 is 1.32 bits per heavy atom. The fourth-order valence-corrected chi connectivity index (χ4v) is 3.06. The molecule has 0 bridgehead atoms. The number of carbonyl (C=O) groups excluding carboxylic acids is 1. The second kappa shape index (κ2) is 5.57. The number of piperazine rings is 1. The number of aromatic nitrogens is 1. The third-order valence-corrected chi connectivity index (χ3v) is 4.02. The zero-order valence-electron chi connectivity index (χ0n) is 11.1. The third kappa shape index (κ3) is 2.42. The minimum absolute atomic E-state index is 0.205. The molecular weight excluding hydrogens is 240 g/mol. The Morgan fingerprint density at radius 2 is 2.16 bits per heavy atom. The Hall–Kier alpha value is -1.62. The topological polar surface area (TPSA) is 48.5 Å². The van der Waals surface area contributed by atoms with Crippen molar-refractivity contribution in [2.24, 2.45) is 0 Å². The van der Waals surface area contributed by atoms with Gasteiger partial charge in [-0.15, -0.1) is 0 Å². The van der Waals surface area contributed by atoms with Crippen LogP contribution in [0.2, 0.25) is 0 Å². The molecule has 102 valence electrons. The number of hydrogen-bond donors (Lipinski definition) is 1. The fraction of sp³-hybridized carbons (Fsp3) is 0.571. The highest BCUT2D eigenvalue weighted by Crippen LogP contribution is 2.35. The minimum atomic E-state index is 0.205. The average molecular weight is 260 g/mol. The summed E-state index contributed by atoms with van der Waals surface area (Å²) in [5.41, 5.74) is 1.20. The summed E-state index contributed by atoms with van der Waals surface area (Å²) in [4.78, 5) is 20.0. The summed E-state index contributed by atoms with van der Waals surface area (Å²) in [6.07, 6.45) is 4.95. The van der Waals surface area contributed by atoms with Gasteiger partial charge in [-0.05, 0) is 18.9 Å². The molecule has 0 saturated carbocycles. The number of carbonyl (C=O) groups is 1. The number of pyridine rings is 1. The smallest absolute Gasteiger partial charge is 0.210 e. The van der Waals surface area contributed by atoms with Gasteiger partial charge >= 0.3 is 0 Å².